The molecule has 0 saturated carbocycles. The van der Waals surface area contributed by atoms with E-state index in [9.17, 15) is 0 Å². The molecular formula is C10H7BrCl2N2S. The van der Waals surface area contributed by atoms with Gasteiger partial charge in [0.2, 0.25) is 0 Å². The number of halogens is 3. The fourth-order valence-electron chi connectivity index (χ4n) is 1.21. The lowest BCUT2D eigenvalue weighted by Crippen LogP contribution is -2.00. The molecule has 84 valence electrons. The molecule has 1 heterocycles. The SMILES string of the molecule is Clc1cc(Br)cc(Cl)c1NCc1cscn1. The zero-order valence-electron chi connectivity index (χ0n) is 8.01. The molecule has 16 heavy (non-hydrogen) atoms. The molecule has 0 radical (unpaired) electrons. The van der Waals surface area contributed by atoms with E-state index in [1.807, 2.05) is 5.38 Å². The van der Waals surface area contributed by atoms with Gasteiger partial charge in [0.15, 0.2) is 0 Å². The minimum atomic E-state index is 0.592. The molecule has 0 bridgehead atoms. The van der Waals surface area contributed by atoms with E-state index in [0.29, 0.717) is 16.6 Å². The molecule has 2 nitrogen and oxygen atoms in total. The van der Waals surface area contributed by atoms with Crippen molar-refractivity contribution < 1.29 is 0 Å². The zero-order valence-corrected chi connectivity index (χ0v) is 11.9. The molecule has 2 rings (SSSR count). The summed E-state index contributed by atoms with van der Waals surface area (Å²) in [4.78, 5) is 4.17. The fraction of sp³-hybridized carbons (Fsp3) is 0.100. The highest BCUT2D eigenvalue weighted by molar-refractivity contribution is 9.10. The van der Waals surface area contributed by atoms with Gasteiger partial charge >= 0.3 is 0 Å². The van der Waals surface area contributed by atoms with Crippen molar-refractivity contribution in [3.8, 4) is 0 Å². The predicted molar refractivity (Wildman–Crippen MR) is 73.6 cm³/mol. The summed E-state index contributed by atoms with van der Waals surface area (Å²) in [5.74, 6) is 0. The van der Waals surface area contributed by atoms with Crippen molar-refractivity contribution in [3.63, 3.8) is 0 Å². The summed E-state index contributed by atoms with van der Waals surface area (Å²) in [5, 5.41) is 6.33. The van der Waals surface area contributed by atoms with Gasteiger partial charge < -0.3 is 5.32 Å². The molecule has 0 unspecified atom stereocenters. The second kappa shape index (κ2) is 5.36. The van der Waals surface area contributed by atoms with Crippen molar-refractivity contribution in [2.24, 2.45) is 0 Å². The van der Waals surface area contributed by atoms with Crippen molar-refractivity contribution in [1.82, 2.24) is 4.98 Å². The van der Waals surface area contributed by atoms with Gasteiger partial charge in [-0.3, -0.25) is 0 Å². The molecule has 2 aromatic rings. The summed E-state index contributed by atoms with van der Waals surface area (Å²) in [6.07, 6.45) is 0. The monoisotopic (exact) mass is 336 g/mol. The lowest BCUT2D eigenvalue weighted by molar-refractivity contribution is 1.07. The van der Waals surface area contributed by atoms with Crippen LogP contribution in [0.15, 0.2) is 27.5 Å². The Kier molecular flexibility index (Phi) is 4.08. The van der Waals surface area contributed by atoms with E-state index in [0.717, 1.165) is 15.9 Å². The molecule has 0 amide bonds. The van der Waals surface area contributed by atoms with E-state index in [4.69, 9.17) is 23.2 Å². The molecule has 0 saturated heterocycles. The van der Waals surface area contributed by atoms with Crippen LogP contribution in [0.25, 0.3) is 0 Å². The van der Waals surface area contributed by atoms with Crippen molar-refractivity contribution >= 4 is 56.2 Å². The Morgan fingerprint density at radius 1 is 1.31 bits per heavy atom. The van der Waals surface area contributed by atoms with Crippen LogP contribution in [-0.4, -0.2) is 4.98 Å². The van der Waals surface area contributed by atoms with Crippen molar-refractivity contribution in [2.75, 3.05) is 5.32 Å². The summed E-state index contributed by atoms with van der Waals surface area (Å²) in [6, 6.07) is 3.60. The normalized spacial score (nSPS) is 10.4. The first-order valence-electron chi connectivity index (χ1n) is 4.42. The van der Waals surface area contributed by atoms with E-state index in [1.54, 1.807) is 29.0 Å². The Bertz CT molecular complexity index is 465. The average Bonchev–Trinajstić information content (AvgIpc) is 2.68. The van der Waals surface area contributed by atoms with Crippen molar-refractivity contribution in [1.29, 1.82) is 0 Å². The summed E-state index contributed by atoms with van der Waals surface area (Å²) < 4.78 is 0.863. The van der Waals surface area contributed by atoms with Gasteiger partial charge in [-0.2, -0.15) is 0 Å². The van der Waals surface area contributed by atoms with Gasteiger partial charge in [-0.25, -0.2) is 4.98 Å². The maximum atomic E-state index is 6.08. The minimum Gasteiger partial charge on any atom is -0.377 e. The Morgan fingerprint density at radius 2 is 2.00 bits per heavy atom. The third kappa shape index (κ3) is 2.88. The summed E-state index contributed by atoms with van der Waals surface area (Å²) in [5.41, 5.74) is 3.50. The topological polar surface area (TPSA) is 24.9 Å². The average molecular weight is 338 g/mol. The molecule has 0 spiro atoms. The Morgan fingerprint density at radius 3 is 2.56 bits per heavy atom. The number of aromatic nitrogens is 1. The van der Waals surface area contributed by atoms with E-state index in [2.05, 4.69) is 26.2 Å². The smallest absolute Gasteiger partial charge is 0.0795 e. The summed E-state index contributed by atoms with van der Waals surface area (Å²) >= 11 is 17.1. The van der Waals surface area contributed by atoms with Gasteiger partial charge in [-0.1, -0.05) is 39.1 Å². The molecule has 1 N–H and O–H groups in total. The number of thiazole rings is 1. The second-order valence-corrected chi connectivity index (χ2v) is 5.53. The first-order valence-corrected chi connectivity index (χ1v) is 6.91. The third-order valence-corrected chi connectivity index (χ3v) is 3.63. The molecule has 1 aromatic heterocycles. The number of anilines is 1. The van der Waals surface area contributed by atoms with Gasteiger partial charge in [-0.15, -0.1) is 11.3 Å². The van der Waals surface area contributed by atoms with Gasteiger partial charge in [0, 0.05) is 9.85 Å². The molecule has 0 aliphatic carbocycles. The van der Waals surface area contributed by atoms with Crippen molar-refractivity contribution in [3.05, 3.63) is 43.2 Å². The molecule has 0 aliphatic rings. The van der Waals surface area contributed by atoms with E-state index >= 15 is 0 Å². The van der Waals surface area contributed by atoms with Crippen LogP contribution in [0.3, 0.4) is 0 Å². The van der Waals surface area contributed by atoms with Gasteiger partial charge in [0.05, 0.1) is 33.5 Å². The van der Waals surface area contributed by atoms with Crippen LogP contribution in [0.5, 0.6) is 0 Å². The molecule has 1 aromatic carbocycles. The molecule has 6 heteroatoms. The van der Waals surface area contributed by atoms with Crippen LogP contribution in [0, 0.1) is 0 Å². The van der Waals surface area contributed by atoms with E-state index in [-0.39, 0.29) is 0 Å². The third-order valence-electron chi connectivity index (χ3n) is 1.94. The van der Waals surface area contributed by atoms with Crippen LogP contribution >= 0.6 is 50.5 Å². The van der Waals surface area contributed by atoms with Crippen LogP contribution in [-0.2, 0) is 6.54 Å². The lowest BCUT2D eigenvalue weighted by Gasteiger charge is -2.09. The first kappa shape index (κ1) is 12.2. The lowest BCUT2D eigenvalue weighted by atomic mass is 10.3. The van der Waals surface area contributed by atoms with Gasteiger partial charge in [0.1, 0.15) is 0 Å². The number of nitrogens with one attached hydrogen (secondary N) is 1. The molecule has 0 fully saturated rings. The predicted octanol–water partition coefficient (Wildman–Crippen LogP) is 4.82. The number of nitrogens with zero attached hydrogens (tertiary/aromatic N) is 1. The second-order valence-electron chi connectivity index (χ2n) is 3.08. The quantitative estimate of drug-likeness (QED) is 0.868. The zero-order chi connectivity index (χ0) is 11.5. The number of hydrogen-bond donors (Lipinski definition) is 1. The van der Waals surface area contributed by atoms with Crippen LogP contribution < -0.4 is 5.32 Å². The maximum absolute atomic E-state index is 6.08. The minimum absolute atomic E-state index is 0.592. The van der Waals surface area contributed by atoms with Crippen molar-refractivity contribution in [2.45, 2.75) is 6.54 Å². The molecule has 0 aliphatic heterocycles. The number of benzene rings is 1. The Hall–Kier alpha value is -0.290. The number of rotatable bonds is 3. The Labute approximate surface area is 116 Å². The van der Waals surface area contributed by atoms with E-state index < -0.39 is 0 Å². The van der Waals surface area contributed by atoms with Crippen LogP contribution in [0.1, 0.15) is 5.69 Å². The summed E-state index contributed by atoms with van der Waals surface area (Å²) in [6.45, 7) is 0.616. The highest BCUT2D eigenvalue weighted by Gasteiger charge is 2.07. The number of hydrogen-bond acceptors (Lipinski definition) is 3. The Balaban J connectivity index is 2.15. The maximum Gasteiger partial charge on any atom is 0.0795 e. The van der Waals surface area contributed by atoms with Crippen LogP contribution in [0.2, 0.25) is 10.0 Å². The van der Waals surface area contributed by atoms with Crippen LogP contribution in [0.4, 0.5) is 5.69 Å². The highest BCUT2D eigenvalue weighted by Crippen LogP contribution is 2.33. The molecular weight excluding hydrogens is 331 g/mol. The van der Waals surface area contributed by atoms with Gasteiger partial charge in [0.25, 0.3) is 0 Å². The summed E-state index contributed by atoms with van der Waals surface area (Å²) in [7, 11) is 0. The standard InChI is InChI=1S/C10H7BrCl2N2S/c11-6-1-8(12)10(9(13)2-6)14-3-7-4-16-5-15-7/h1-2,4-5,14H,3H2. The molecule has 0 atom stereocenters. The fourth-order valence-corrected chi connectivity index (χ4v) is 3.12. The van der Waals surface area contributed by atoms with E-state index in [1.165, 1.54) is 0 Å². The largest absolute Gasteiger partial charge is 0.377 e. The first-order chi connectivity index (χ1) is 7.66. The highest BCUT2D eigenvalue weighted by atomic mass is 79.9. The van der Waals surface area contributed by atoms with Gasteiger partial charge in [-0.05, 0) is 12.1 Å².